The summed E-state index contributed by atoms with van der Waals surface area (Å²) in [5.74, 6) is -0.209. The first-order chi connectivity index (χ1) is 13.6. The Hall–Kier alpha value is -3.34. The number of alkyl halides is 1. The highest BCUT2D eigenvalue weighted by Gasteiger charge is 2.22. The van der Waals surface area contributed by atoms with E-state index >= 15 is 0 Å². The molecule has 3 aromatic carbocycles. The summed E-state index contributed by atoms with van der Waals surface area (Å²) in [5.41, 5.74) is 10.6. The van der Waals surface area contributed by atoms with E-state index in [0.717, 1.165) is 16.8 Å². The van der Waals surface area contributed by atoms with Gasteiger partial charge in [-0.25, -0.2) is 4.39 Å². The summed E-state index contributed by atoms with van der Waals surface area (Å²) in [6.07, 6.45) is -0.220. The Labute approximate surface area is 163 Å². The number of hydrogen-bond donors (Lipinski definition) is 2. The fourth-order valence-electron chi connectivity index (χ4n) is 3.50. The largest absolute Gasteiger partial charge is 0.399 e. The topological polar surface area (TPSA) is 58.4 Å². The highest BCUT2D eigenvalue weighted by Crippen LogP contribution is 2.30. The number of anilines is 3. The van der Waals surface area contributed by atoms with Crippen LogP contribution in [-0.4, -0.2) is 25.2 Å². The molecule has 5 heteroatoms. The van der Waals surface area contributed by atoms with Gasteiger partial charge in [0.05, 0.1) is 5.69 Å². The molecule has 0 aliphatic carbocycles. The van der Waals surface area contributed by atoms with Crippen LogP contribution in [0.1, 0.15) is 16.8 Å². The van der Waals surface area contributed by atoms with Crippen molar-refractivity contribution in [2.24, 2.45) is 0 Å². The summed E-state index contributed by atoms with van der Waals surface area (Å²) < 4.78 is 13.4. The molecule has 3 aromatic rings. The van der Waals surface area contributed by atoms with Crippen molar-refractivity contribution >= 4 is 23.0 Å². The average molecular weight is 375 g/mol. The van der Waals surface area contributed by atoms with Crippen molar-refractivity contribution < 1.29 is 9.18 Å². The summed E-state index contributed by atoms with van der Waals surface area (Å²) in [6, 6.07) is 22.6. The predicted molar refractivity (Wildman–Crippen MR) is 112 cm³/mol. The molecule has 1 amide bonds. The summed E-state index contributed by atoms with van der Waals surface area (Å²) in [4.78, 5) is 14.8. The lowest BCUT2D eigenvalue weighted by molar-refractivity contribution is 0.102. The van der Waals surface area contributed by atoms with Crippen molar-refractivity contribution in [1.82, 2.24) is 0 Å². The second-order valence-corrected chi connectivity index (χ2v) is 7.00. The van der Waals surface area contributed by atoms with Gasteiger partial charge in [0, 0.05) is 35.6 Å². The lowest BCUT2D eigenvalue weighted by atomic mass is 10.0. The van der Waals surface area contributed by atoms with E-state index in [9.17, 15) is 9.18 Å². The zero-order chi connectivity index (χ0) is 19.5. The Morgan fingerprint density at radius 3 is 2.46 bits per heavy atom. The molecule has 3 N–H and O–H groups in total. The smallest absolute Gasteiger partial charge is 0.255 e. The Balaban J connectivity index is 1.55. The Morgan fingerprint density at radius 2 is 1.79 bits per heavy atom. The number of rotatable bonds is 4. The maximum absolute atomic E-state index is 13.4. The van der Waals surface area contributed by atoms with Crippen LogP contribution < -0.4 is 16.0 Å². The Bertz CT molecular complexity index is 973. The molecule has 1 atom stereocenters. The van der Waals surface area contributed by atoms with Crippen LogP contribution in [0.4, 0.5) is 21.5 Å². The van der Waals surface area contributed by atoms with Crippen LogP contribution in [-0.2, 0) is 0 Å². The van der Waals surface area contributed by atoms with Gasteiger partial charge in [0.2, 0.25) is 0 Å². The number of nitrogen functional groups attached to an aromatic ring is 1. The van der Waals surface area contributed by atoms with E-state index in [1.165, 1.54) is 0 Å². The van der Waals surface area contributed by atoms with Crippen molar-refractivity contribution in [3.05, 3.63) is 78.4 Å². The number of carbonyl (C=O) groups excluding carboxylic acids is 1. The maximum atomic E-state index is 13.4. The van der Waals surface area contributed by atoms with Gasteiger partial charge in [0.15, 0.2) is 0 Å². The minimum atomic E-state index is -0.775. The van der Waals surface area contributed by atoms with Crippen molar-refractivity contribution in [2.45, 2.75) is 12.6 Å². The van der Waals surface area contributed by atoms with Crippen molar-refractivity contribution in [1.29, 1.82) is 0 Å². The molecule has 1 unspecified atom stereocenters. The zero-order valence-corrected chi connectivity index (χ0v) is 15.4. The number of amides is 1. The third kappa shape index (κ3) is 3.83. The molecule has 142 valence electrons. The van der Waals surface area contributed by atoms with E-state index in [0.29, 0.717) is 36.4 Å². The molecule has 0 aromatic heterocycles. The van der Waals surface area contributed by atoms with E-state index in [-0.39, 0.29) is 5.91 Å². The molecular weight excluding hydrogens is 353 g/mol. The minimum absolute atomic E-state index is 0.209. The predicted octanol–water partition coefficient (Wildman–Crippen LogP) is 4.74. The fraction of sp³-hybridized carbons (Fsp3) is 0.174. The third-order valence-corrected chi connectivity index (χ3v) is 5.00. The van der Waals surface area contributed by atoms with Crippen molar-refractivity contribution in [2.75, 3.05) is 29.0 Å². The van der Waals surface area contributed by atoms with Crippen LogP contribution >= 0.6 is 0 Å². The monoisotopic (exact) mass is 375 g/mol. The molecular formula is C23H22FN3O. The van der Waals surface area contributed by atoms with Crippen LogP contribution in [0.3, 0.4) is 0 Å². The van der Waals surface area contributed by atoms with Crippen molar-refractivity contribution in [3.8, 4) is 11.1 Å². The van der Waals surface area contributed by atoms with Gasteiger partial charge in [0.25, 0.3) is 5.91 Å². The molecule has 4 nitrogen and oxygen atoms in total. The van der Waals surface area contributed by atoms with Crippen LogP contribution in [0.5, 0.6) is 0 Å². The maximum Gasteiger partial charge on any atom is 0.255 e. The summed E-state index contributed by atoms with van der Waals surface area (Å²) in [7, 11) is 0. The van der Waals surface area contributed by atoms with Crippen LogP contribution in [0, 0.1) is 0 Å². The molecule has 0 spiro atoms. The molecule has 0 bridgehead atoms. The van der Waals surface area contributed by atoms with E-state index < -0.39 is 6.17 Å². The van der Waals surface area contributed by atoms with Gasteiger partial charge >= 0.3 is 0 Å². The third-order valence-electron chi connectivity index (χ3n) is 5.00. The molecule has 1 aliphatic heterocycles. The van der Waals surface area contributed by atoms with E-state index in [1.807, 2.05) is 59.5 Å². The quantitative estimate of drug-likeness (QED) is 0.648. The second kappa shape index (κ2) is 7.72. The van der Waals surface area contributed by atoms with Crippen molar-refractivity contribution in [3.63, 3.8) is 0 Å². The minimum Gasteiger partial charge on any atom is -0.399 e. The molecule has 1 aliphatic rings. The highest BCUT2D eigenvalue weighted by atomic mass is 19.1. The van der Waals surface area contributed by atoms with Gasteiger partial charge in [-0.15, -0.1) is 0 Å². The van der Waals surface area contributed by atoms with Gasteiger partial charge in [-0.3, -0.25) is 4.79 Å². The number of hydrogen-bond acceptors (Lipinski definition) is 3. The van der Waals surface area contributed by atoms with E-state index in [1.54, 1.807) is 18.2 Å². The van der Waals surface area contributed by atoms with Gasteiger partial charge in [-0.05, 0) is 48.4 Å². The van der Waals surface area contributed by atoms with Gasteiger partial charge in [-0.2, -0.15) is 0 Å². The van der Waals surface area contributed by atoms with Crippen LogP contribution in [0.25, 0.3) is 11.1 Å². The SMILES string of the molecule is Nc1ccc(-c2ccccc2)c(NC(=O)c2ccc(N3CCC(F)C3)cc2)c1. The van der Waals surface area contributed by atoms with Crippen LogP contribution in [0.2, 0.25) is 0 Å². The standard InChI is InChI=1S/C23H22FN3O/c24-18-12-13-27(15-18)20-9-6-17(7-10-20)23(28)26-22-14-19(25)8-11-21(22)16-4-2-1-3-5-16/h1-11,14,18H,12-13,15,25H2,(H,26,28). The molecule has 28 heavy (non-hydrogen) atoms. The molecule has 1 fully saturated rings. The summed E-state index contributed by atoms with van der Waals surface area (Å²) in [5, 5.41) is 2.97. The number of halogens is 1. The normalized spacial score (nSPS) is 16.2. The first-order valence-electron chi connectivity index (χ1n) is 9.35. The van der Waals surface area contributed by atoms with Gasteiger partial charge < -0.3 is 16.0 Å². The average Bonchev–Trinajstić information content (AvgIpc) is 3.15. The van der Waals surface area contributed by atoms with Crippen LogP contribution in [0.15, 0.2) is 72.8 Å². The molecule has 4 rings (SSSR count). The van der Waals surface area contributed by atoms with E-state index in [2.05, 4.69) is 5.32 Å². The first kappa shape index (κ1) is 18.0. The fourth-order valence-corrected chi connectivity index (χ4v) is 3.50. The summed E-state index contributed by atoms with van der Waals surface area (Å²) >= 11 is 0. The number of nitrogens with two attached hydrogens (primary N) is 1. The summed E-state index contributed by atoms with van der Waals surface area (Å²) in [6.45, 7) is 1.12. The Kier molecular flexibility index (Phi) is 4.98. The number of nitrogens with zero attached hydrogens (tertiary/aromatic N) is 1. The van der Waals surface area contributed by atoms with Gasteiger partial charge in [-0.1, -0.05) is 36.4 Å². The highest BCUT2D eigenvalue weighted by molar-refractivity contribution is 6.06. The lowest BCUT2D eigenvalue weighted by Crippen LogP contribution is -2.20. The number of benzene rings is 3. The van der Waals surface area contributed by atoms with Gasteiger partial charge in [0.1, 0.15) is 6.17 Å². The zero-order valence-electron chi connectivity index (χ0n) is 15.4. The molecule has 1 saturated heterocycles. The second-order valence-electron chi connectivity index (χ2n) is 7.00. The molecule has 0 saturated carbocycles. The number of nitrogens with one attached hydrogen (secondary N) is 1. The number of carbonyl (C=O) groups is 1. The Morgan fingerprint density at radius 1 is 1.04 bits per heavy atom. The van der Waals surface area contributed by atoms with E-state index in [4.69, 9.17) is 5.73 Å². The first-order valence-corrected chi connectivity index (χ1v) is 9.35. The molecule has 1 heterocycles. The molecule has 0 radical (unpaired) electrons. The lowest BCUT2D eigenvalue weighted by Gasteiger charge is -2.18.